The minimum atomic E-state index is -0.479. The zero-order valence-electron chi connectivity index (χ0n) is 13.3. The molecule has 2 heterocycles. The lowest BCUT2D eigenvalue weighted by atomic mass is 10.2. The zero-order valence-corrected chi connectivity index (χ0v) is 14.9. The highest BCUT2D eigenvalue weighted by molar-refractivity contribution is 8.19. The van der Waals surface area contributed by atoms with Gasteiger partial charge in [-0.25, -0.2) is 0 Å². The van der Waals surface area contributed by atoms with Gasteiger partial charge in [0, 0.05) is 23.3 Å². The molecule has 1 fully saturated rings. The number of pyridine rings is 1. The first kappa shape index (κ1) is 17.6. The molecule has 0 atom stereocenters. The Morgan fingerprint density at radius 1 is 1.08 bits per heavy atom. The van der Waals surface area contributed by atoms with E-state index in [4.69, 9.17) is 4.74 Å². The maximum Gasteiger partial charge on any atom is 0.288 e. The van der Waals surface area contributed by atoms with E-state index in [1.54, 1.807) is 18.2 Å². The lowest BCUT2D eigenvalue weighted by Gasteiger charge is -2.15. The van der Waals surface area contributed by atoms with Gasteiger partial charge in [0.1, 0.15) is 11.4 Å². The van der Waals surface area contributed by atoms with Crippen LogP contribution >= 0.6 is 23.5 Å². The summed E-state index contributed by atoms with van der Waals surface area (Å²) in [5.74, 6) is 2.01. The quantitative estimate of drug-likeness (QED) is 0.781. The Hall–Kier alpha value is -2.19. The standard InChI is InChI=1S/C17H17N3O3S2/c21-15(19-20-16(22)13-6-3-4-8-18-13)11-23-14-7-2-1-5-12(14)17-24-9-10-25-17/h1-8,17H,9-11H2,(H,19,21)(H,20,22). The van der Waals surface area contributed by atoms with Crippen LogP contribution < -0.4 is 15.6 Å². The van der Waals surface area contributed by atoms with Gasteiger partial charge in [-0.05, 0) is 18.2 Å². The smallest absolute Gasteiger partial charge is 0.288 e. The molecule has 0 unspecified atom stereocenters. The van der Waals surface area contributed by atoms with Crippen LogP contribution in [0.2, 0.25) is 0 Å². The van der Waals surface area contributed by atoms with Crippen molar-refractivity contribution in [2.24, 2.45) is 0 Å². The van der Waals surface area contributed by atoms with E-state index in [0.717, 1.165) is 17.1 Å². The maximum absolute atomic E-state index is 11.9. The number of carbonyl (C=O) groups excluding carboxylic acids is 2. The maximum atomic E-state index is 11.9. The first-order valence-electron chi connectivity index (χ1n) is 7.69. The molecule has 2 N–H and O–H groups in total. The Labute approximate surface area is 154 Å². The third kappa shape index (κ3) is 4.90. The van der Waals surface area contributed by atoms with Crippen molar-refractivity contribution in [2.45, 2.75) is 4.58 Å². The molecule has 25 heavy (non-hydrogen) atoms. The van der Waals surface area contributed by atoms with Crippen molar-refractivity contribution < 1.29 is 14.3 Å². The van der Waals surface area contributed by atoms with E-state index in [9.17, 15) is 9.59 Å². The Morgan fingerprint density at radius 3 is 2.60 bits per heavy atom. The first-order valence-corrected chi connectivity index (χ1v) is 9.79. The van der Waals surface area contributed by atoms with Crippen LogP contribution in [0, 0.1) is 0 Å². The number of nitrogens with zero attached hydrogens (tertiary/aromatic N) is 1. The fourth-order valence-corrected chi connectivity index (χ4v) is 5.12. The molecule has 3 rings (SSSR count). The fourth-order valence-electron chi connectivity index (χ4n) is 2.21. The molecule has 130 valence electrons. The van der Waals surface area contributed by atoms with Gasteiger partial charge < -0.3 is 4.74 Å². The van der Waals surface area contributed by atoms with Crippen LogP contribution in [0.3, 0.4) is 0 Å². The Kier molecular flexibility index (Phi) is 6.19. The van der Waals surface area contributed by atoms with Crippen LogP contribution in [-0.2, 0) is 4.79 Å². The van der Waals surface area contributed by atoms with Crippen molar-refractivity contribution in [2.75, 3.05) is 18.1 Å². The highest BCUT2D eigenvalue weighted by Crippen LogP contribution is 2.48. The minimum Gasteiger partial charge on any atom is -0.483 e. The number of hydrogen-bond acceptors (Lipinski definition) is 6. The third-order valence-electron chi connectivity index (χ3n) is 3.37. The molecule has 1 aromatic heterocycles. The SMILES string of the molecule is O=C(COc1ccccc1C1SCCS1)NNC(=O)c1ccccn1. The fraction of sp³-hybridized carbons (Fsp3) is 0.235. The average Bonchev–Trinajstić information content (AvgIpc) is 3.20. The topological polar surface area (TPSA) is 80.3 Å². The second-order valence-corrected chi connectivity index (χ2v) is 7.84. The van der Waals surface area contributed by atoms with Crippen molar-refractivity contribution in [1.82, 2.24) is 15.8 Å². The normalized spacial score (nSPS) is 14.1. The van der Waals surface area contributed by atoms with Gasteiger partial charge in [-0.15, -0.1) is 23.5 Å². The molecule has 0 aliphatic carbocycles. The zero-order chi connectivity index (χ0) is 17.5. The molecule has 1 saturated heterocycles. The number of para-hydroxylation sites is 1. The summed E-state index contributed by atoms with van der Waals surface area (Å²) in [7, 11) is 0. The summed E-state index contributed by atoms with van der Waals surface area (Å²) in [4.78, 5) is 27.6. The Morgan fingerprint density at radius 2 is 1.84 bits per heavy atom. The summed E-state index contributed by atoms with van der Waals surface area (Å²) in [5, 5.41) is 0. The number of carbonyl (C=O) groups is 2. The number of hydrogen-bond donors (Lipinski definition) is 2. The molecule has 0 saturated carbocycles. The van der Waals surface area contributed by atoms with Crippen molar-refractivity contribution in [3.63, 3.8) is 0 Å². The predicted octanol–water partition coefficient (Wildman–Crippen LogP) is 2.40. The number of rotatable bonds is 5. The van der Waals surface area contributed by atoms with Crippen molar-refractivity contribution in [1.29, 1.82) is 0 Å². The summed E-state index contributed by atoms with van der Waals surface area (Å²) in [6.45, 7) is -0.179. The van der Waals surface area contributed by atoms with Crippen LogP contribution in [0.4, 0.5) is 0 Å². The molecule has 8 heteroatoms. The number of hydrazine groups is 1. The van der Waals surface area contributed by atoms with Gasteiger partial charge in [0.25, 0.3) is 11.8 Å². The molecule has 6 nitrogen and oxygen atoms in total. The monoisotopic (exact) mass is 375 g/mol. The van der Waals surface area contributed by atoms with Crippen LogP contribution in [-0.4, -0.2) is 34.9 Å². The van der Waals surface area contributed by atoms with Crippen LogP contribution in [0.15, 0.2) is 48.7 Å². The number of amides is 2. The molecule has 1 aliphatic heterocycles. The van der Waals surface area contributed by atoms with E-state index in [1.165, 1.54) is 6.20 Å². The van der Waals surface area contributed by atoms with E-state index in [0.29, 0.717) is 10.3 Å². The molecule has 0 spiro atoms. The average molecular weight is 375 g/mol. The first-order chi connectivity index (χ1) is 12.2. The summed E-state index contributed by atoms with van der Waals surface area (Å²) in [6, 6.07) is 12.7. The number of ether oxygens (including phenoxy) is 1. The van der Waals surface area contributed by atoms with E-state index < -0.39 is 11.8 Å². The van der Waals surface area contributed by atoms with E-state index in [1.807, 2.05) is 47.8 Å². The molecular formula is C17H17N3O3S2. The van der Waals surface area contributed by atoms with E-state index >= 15 is 0 Å². The number of aromatic nitrogens is 1. The highest BCUT2D eigenvalue weighted by atomic mass is 32.2. The van der Waals surface area contributed by atoms with Crippen LogP contribution in [0.1, 0.15) is 20.6 Å². The van der Waals surface area contributed by atoms with Crippen LogP contribution in [0.5, 0.6) is 5.75 Å². The van der Waals surface area contributed by atoms with Gasteiger partial charge in [-0.1, -0.05) is 24.3 Å². The molecule has 2 aromatic rings. The highest BCUT2D eigenvalue weighted by Gasteiger charge is 2.21. The van der Waals surface area contributed by atoms with E-state index in [-0.39, 0.29) is 12.3 Å². The Balaban J connectivity index is 1.50. The Bertz CT molecular complexity index is 737. The van der Waals surface area contributed by atoms with Gasteiger partial charge in [0.2, 0.25) is 0 Å². The van der Waals surface area contributed by atoms with Gasteiger partial charge in [-0.3, -0.25) is 25.4 Å². The number of nitrogens with one attached hydrogen (secondary N) is 2. The summed E-state index contributed by atoms with van der Waals surface area (Å²) in [6.07, 6.45) is 1.51. The van der Waals surface area contributed by atoms with Crippen molar-refractivity contribution >= 4 is 35.3 Å². The molecule has 1 aliphatic rings. The van der Waals surface area contributed by atoms with E-state index in [2.05, 4.69) is 15.8 Å². The summed E-state index contributed by atoms with van der Waals surface area (Å²) < 4.78 is 5.98. The van der Waals surface area contributed by atoms with Gasteiger partial charge in [-0.2, -0.15) is 0 Å². The molecule has 0 radical (unpaired) electrons. The second kappa shape index (κ2) is 8.77. The molecular weight excluding hydrogens is 358 g/mol. The third-order valence-corrected chi connectivity index (χ3v) is 6.43. The lowest BCUT2D eigenvalue weighted by molar-refractivity contribution is -0.123. The van der Waals surface area contributed by atoms with Gasteiger partial charge in [0.05, 0.1) is 4.58 Å². The number of benzene rings is 1. The van der Waals surface area contributed by atoms with Crippen molar-refractivity contribution in [3.05, 3.63) is 59.9 Å². The predicted molar refractivity (Wildman–Crippen MR) is 99.4 cm³/mol. The summed E-state index contributed by atoms with van der Waals surface area (Å²) >= 11 is 3.75. The van der Waals surface area contributed by atoms with Gasteiger partial charge in [0.15, 0.2) is 6.61 Å². The van der Waals surface area contributed by atoms with Crippen molar-refractivity contribution in [3.8, 4) is 5.75 Å². The lowest BCUT2D eigenvalue weighted by Crippen LogP contribution is -2.44. The second-order valence-electron chi connectivity index (χ2n) is 5.12. The largest absolute Gasteiger partial charge is 0.483 e. The minimum absolute atomic E-state index is 0.179. The van der Waals surface area contributed by atoms with Crippen LogP contribution in [0.25, 0.3) is 0 Å². The summed E-state index contributed by atoms with van der Waals surface area (Å²) in [5.41, 5.74) is 5.95. The molecule has 1 aromatic carbocycles. The van der Waals surface area contributed by atoms with Gasteiger partial charge >= 0.3 is 0 Å². The number of thioether (sulfide) groups is 2. The molecule has 0 bridgehead atoms. The molecule has 2 amide bonds.